The Kier molecular flexibility index (Phi) is 6.73. The Balaban J connectivity index is 1.71. The predicted octanol–water partition coefficient (Wildman–Crippen LogP) is 5.96. The molecule has 0 aliphatic carbocycles. The van der Waals surface area contributed by atoms with E-state index in [-0.39, 0.29) is 17.3 Å². The molecule has 0 spiro atoms. The maximum atomic E-state index is 12.4. The molecule has 2 amide bonds. The molecule has 0 bridgehead atoms. The van der Waals surface area contributed by atoms with Crippen LogP contribution in [0.3, 0.4) is 0 Å². The van der Waals surface area contributed by atoms with Gasteiger partial charge in [-0.15, -0.1) is 13.2 Å². The second kappa shape index (κ2) is 9.31. The number of alkyl halides is 3. The fourth-order valence-corrected chi connectivity index (χ4v) is 4.34. The number of hydrogen-bond acceptors (Lipinski definition) is 4. The van der Waals surface area contributed by atoms with Crippen LogP contribution in [0.2, 0.25) is 19.6 Å². The average molecular weight is 462 g/mol. The summed E-state index contributed by atoms with van der Waals surface area (Å²) < 4.78 is 46.6. The summed E-state index contributed by atoms with van der Waals surface area (Å²) in [6.07, 6.45) is -3.23. The van der Waals surface area contributed by atoms with E-state index in [4.69, 9.17) is 4.74 Å². The Hall–Kier alpha value is -3.53. The number of hydrogen-bond donors (Lipinski definition) is 2. The molecule has 1 aromatic heterocycles. The number of benzene rings is 2. The van der Waals surface area contributed by atoms with Gasteiger partial charge in [0, 0.05) is 11.9 Å². The first-order valence-corrected chi connectivity index (χ1v) is 13.2. The van der Waals surface area contributed by atoms with Crippen molar-refractivity contribution in [2.24, 2.45) is 0 Å². The first kappa shape index (κ1) is 23.1. The number of pyridine rings is 1. The highest BCUT2D eigenvalue weighted by molar-refractivity contribution is 6.89. The van der Waals surface area contributed by atoms with Crippen molar-refractivity contribution in [2.75, 3.05) is 10.6 Å². The maximum Gasteiger partial charge on any atom is 0.573 e. The number of carbonyl (C=O) groups is 1. The van der Waals surface area contributed by atoms with E-state index in [1.807, 2.05) is 24.3 Å². The molecule has 0 saturated heterocycles. The number of para-hydroxylation sites is 1. The first-order chi connectivity index (χ1) is 15.0. The SMILES string of the molecule is C[Si](C)(C)c1ccccc1Oc1ncccc1NC(=O)Nc1ccc(OC(F)(F)F)cc1. The predicted molar refractivity (Wildman–Crippen MR) is 119 cm³/mol. The molecule has 1 heterocycles. The first-order valence-electron chi connectivity index (χ1n) is 9.67. The number of ether oxygens (including phenoxy) is 2. The summed E-state index contributed by atoms with van der Waals surface area (Å²) in [6.45, 7) is 6.60. The van der Waals surface area contributed by atoms with E-state index in [2.05, 4.69) is 40.0 Å². The maximum absolute atomic E-state index is 12.4. The smallest absolute Gasteiger partial charge is 0.437 e. The van der Waals surface area contributed by atoms with Gasteiger partial charge in [0.2, 0.25) is 5.88 Å². The number of urea groups is 1. The average Bonchev–Trinajstić information content (AvgIpc) is 2.69. The molecule has 0 saturated carbocycles. The largest absolute Gasteiger partial charge is 0.573 e. The molecule has 2 N–H and O–H groups in total. The molecule has 0 radical (unpaired) electrons. The fourth-order valence-electron chi connectivity index (χ4n) is 2.87. The summed E-state index contributed by atoms with van der Waals surface area (Å²) in [5.41, 5.74) is 0.625. The lowest BCUT2D eigenvalue weighted by Crippen LogP contribution is -2.38. The van der Waals surface area contributed by atoms with E-state index >= 15 is 0 Å². The molecular formula is C22H22F3N3O3Si. The number of rotatable bonds is 6. The van der Waals surface area contributed by atoms with Gasteiger partial charge in [0.25, 0.3) is 0 Å². The zero-order chi connectivity index (χ0) is 23.4. The molecule has 0 aliphatic heterocycles. The van der Waals surface area contributed by atoms with E-state index in [9.17, 15) is 18.0 Å². The summed E-state index contributed by atoms with van der Waals surface area (Å²) in [5, 5.41) is 6.31. The van der Waals surface area contributed by atoms with Crippen LogP contribution in [0.1, 0.15) is 0 Å². The van der Waals surface area contributed by atoms with Crippen LogP contribution in [0.15, 0.2) is 66.9 Å². The van der Waals surface area contributed by atoms with Gasteiger partial charge in [-0.05, 0) is 47.7 Å². The number of nitrogens with one attached hydrogen (secondary N) is 2. The summed E-state index contributed by atoms with van der Waals surface area (Å²) in [6, 6.07) is 15.2. The monoisotopic (exact) mass is 461 g/mol. The van der Waals surface area contributed by atoms with Crippen LogP contribution < -0.4 is 25.3 Å². The Bertz CT molecular complexity index is 1080. The van der Waals surface area contributed by atoms with Crippen LogP contribution in [-0.4, -0.2) is 25.5 Å². The van der Waals surface area contributed by atoms with Gasteiger partial charge >= 0.3 is 12.4 Å². The standard InChI is InChI=1S/C22H22F3N3O3Si/c1-32(2,3)19-9-5-4-8-18(19)30-20-17(7-6-14-26-20)28-21(29)27-15-10-12-16(13-11-15)31-22(23,24)25/h4-14H,1-3H3,(H2,27,28,29). The zero-order valence-electron chi connectivity index (χ0n) is 17.7. The minimum atomic E-state index is -4.78. The number of amides is 2. The molecule has 32 heavy (non-hydrogen) atoms. The van der Waals surface area contributed by atoms with Crippen molar-refractivity contribution in [3.8, 4) is 17.4 Å². The van der Waals surface area contributed by atoms with Gasteiger partial charge in [-0.1, -0.05) is 37.8 Å². The third-order valence-electron chi connectivity index (χ3n) is 4.27. The van der Waals surface area contributed by atoms with Crippen LogP contribution in [0, 0.1) is 0 Å². The van der Waals surface area contributed by atoms with Gasteiger partial charge in [-0.2, -0.15) is 0 Å². The number of anilines is 2. The van der Waals surface area contributed by atoms with E-state index in [1.54, 1.807) is 18.3 Å². The highest BCUT2D eigenvalue weighted by Gasteiger charge is 2.31. The molecule has 0 unspecified atom stereocenters. The van der Waals surface area contributed by atoms with Gasteiger partial charge in [0.1, 0.15) is 17.2 Å². The Morgan fingerprint density at radius 3 is 2.28 bits per heavy atom. The molecule has 168 valence electrons. The number of halogens is 3. The van der Waals surface area contributed by atoms with Crippen LogP contribution in [0.4, 0.5) is 29.3 Å². The second-order valence-corrected chi connectivity index (χ2v) is 12.9. The molecular weight excluding hydrogens is 439 g/mol. The van der Waals surface area contributed by atoms with E-state index < -0.39 is 20.5 Å². The minimum absolute atomic E-state index is 0.224. The van der Waals surface area contributed by atoms with Gasteiger partial charge in [0.05, 0.1) is 8.07 Å². The third kappa shape index (κ3) is 6.48. The lowest BCUT2D eigenvalue weighted by atomic mass is 10.3. The lowest BCUT2D eigenvalue weighted by Gasteiger charge is -2.21. The molecule has 3 aromatic rings. The van der Waals surface area contributed by atoms with Crippen molar-refractivity contribution in [2.45, 2.75) is 26.0 Å². The van der Waals surface area contributed by atoms with Gasteiger partial charge in [-0.25, -0.2) is 9.78 Å². The normalized spacial score (nSPS) is 11.6. The Labute approximate surface area is 184 Å². The van der Waals surface area contributed by atoms with E-state index in [0.29, 0.717) is 11.4 Å². The van der Waals surface area contributed by atoms with Crippen LogP contribution in [-0.2, 0) is 0 Å². The van der Waals surface area contributed by atoms with Crippen molar-refractivity contribution in [3.05, 3.63) is 66.9 Å². The summed E-state index contributed by atoms with van der Waals surface area (Å²) in [5.74, 6) is 0.517. The Morgan fingerprint density at radius 2 is 1.62 bits per heavy atom. The molecule has 0 aliphatic rings. The van der Waals surface area contributed by atoms with Gasteiger partial charge in [0.15, 0.2) is 0 Å². The molecule has 2 aromatic carbocycles. The van der Waals surface area contributed by atoms with Gasteiger partial charge < -0.3 is 20.1 Å². The van der Waals surface area contributed by atoms with Crippen LogP contribution in [0.5, 0.6) is 17.4 Å². The summed E-state index contributed by atoms with van der Waals surface area (Å²) in [4.78, 5) is 16.6. The van der Waals surface area contributed by atoms with E-state index in [0.717, 1.165) is 17.3 Å². The van der Waals surface area contributed by atoms with E-state index in [1.165, 1.54) is 12.1 Å². The summed E-state index contributed by atoms with van der Waals surface area (Å²) >= 11 is 0. The van der Waals surface area contributed by atoms with Gasteiger partial charge in [-0.3, -0.25) is 0 Å². The molecule has 10 heteroatoms. The second-order valence-electron chi connectivity index (χ2n) is 7.86. The van der Waals surface area contributed by atoms with Crippen LogP contribution >= 0.6 is 0 Å². The quantitative estimate of drug-likeness (QED) is 0.444. The Morgan fingerprint density at radius 1 is 0.938 bits per heavy atom. The molecule has 0 atom stereocenters. The molecule has 0 fully saturated rings. The fraction of sp³-hybridized carbons (Fsp3) is 0.182. The number of aromatic nitrogens is 1. The van der Waals surface area contributed by atoms with Crippen molar-refractivity contribution in [3.63, 3.8) is 0 Å². The topological polar surface area (TPSA) is 72.5 Å². The number of carbonyl (C=O) groups excluding carboxylic acids is 1. The van der Waals surface area contributed by atoms with Crippen molar-refractivity contribution < 1.29 is 27.4 Å². The van der Waals surface area contributed by atoms with Crippen molar-refractivity contribution >= 4 is 30.7 Å². The zero-order valence-corrected chi connectivity index (χ0v) is 18.7. The third-order valence-corrected chi connectivity index (χ3v) is 6.30. The molecule has 3 rings (SSSR count). The highest BCUT2D eigenvalue weighted by atomic mass is 28.3. The van der Waals surface area contributed by atoms with Crippen molar-refractivity contribution in [1.82, 2.24) is 4.98 Å². The highest BCUT2D eigenvalue weighted by Crippen LogP contribution is 2.28. The van der Waals surface area contributed by atoms with Crippen LogP contribution in [0.25, 0.3) is 0 Å². The summed E-state index contributed by atoms with van der Waals surface area (Å²) in [7, 11) is -1.69. The number of nitrogens with zero attached hydrogens (tertiary/aromatic N) is 1. The van der Waals surface area contributed by atoms with Crippen molar-refractivity contribution in [1.29, 1.82) is 0 Å². The minimum Gasteiger partial charge on any atom is -0.437 e. The molecule has 6 nitrogen and oxygen atoms in total. The lowest BCUT2D eigenvalue weighted by molar-refractivity contribution is -0.274.